The van der Waals surface area contributed by atoms with Crippen molar-refractivity contribution < 1.29 is 0 Å². The van der Waals surface area contributed by atoms with Crippen LogP contribution < -0.4 is 5.32 Å². The number of nitrogens with one attached hydrogen (secondary N) is 1. The van der Waals surface area contributed by atoms with Crippen molar-refractivity contribution >= 4 is 11.6 Å². The minimum absolute atomic E-state index is 0.404. The summed E-state index contributed by atoms with van der Waals surface area (Å²) in [5, 5.41) is 4.53. The molecule has 1 atom stereocenters. The van der Waals surface area contributed by atoms with Crippen LogP contribution in [0.4, 0.5) is 0 Å². The minimum Gasteiger partial charge on any atom is -0.307 e. The lowest BCUT2D eigenvalue weighted by Crippen LogP contribution is -2.33. The highest BCUT2D eigenvalue weighted by molar-refractivity contribution is 6.30. The lowest BCUT2D eigenvalue weighted by atomic mass is 9.94. The van der Waals surface area contributed by atoms with E-state index in [1.165, 1.54) is 37.7 Å². The molecule has 88 valence electrons. The zero-order chi connectivity index (χ0) is 11.4. The molecule has 0 saturated heterocycles. The van der Waals surface area contributed by atoms with Crippen molar-refractivity contribution in [2.45, 2.75) is 51.1 Å². The van der Waals surface area contributed by atoms with Crippen LogP contribution in [0.2, 0.25) is 5.02 Å². The normalized spacial score (nSPS) is 19.6. The van der Waals surface area contributed by atoms with Gasteiger partial charge in [-0.2, -0.15) is 0 Å². The quantitative estimate of drug-likeness (QED) is 0.826. The van der Waals surface area contributed by atoms with Crippen LogP contribution in [0.1, 0.15) is 50.6 Å². The van der Waals surface area contributed by atoms with Crippen molar-refractivity contribution in [1.82, 2.24) is 5.32 Å². The van der Waals surface area contributed by atoms with Gasteiger partial charge < -0.3 is 5.32 Å². The molecule has 0 amide bonds. The van der Waals surface area contributed by atoms with E-state index in [9.17, 15) is 0 Å². The van der Waals surface area contributed by atoms with Crippen LogP contribution in [0.25, 0.3) is 0 Å². The first-order valence-corrected chi connectivity index (χ1v) is 6.65. The van der Waals surface area contributed by atoms with Gasteiger partial charge in [-0.3, -0.25) is 0 Å². The van der Waals surface area contributed by atoms with Crippen molar-refractivity contribution in [2.75, 3.05) is 0 Å². The molecule has 1 aliphatic carbocycles. The lowest BCUT2D eigenvalue weighted by Gasteiger charge is -2.26. The molecule has 1 N–H and O–H groups in total. The van der Waals surface area contributed by atoms with Gasteiger partial charge in [-0.1, -0.05) is 43.0 Å². The first-order valence-electron chi connectivity index (χ1n) is 6.27. The van der Waals surface area contributed by atoms with Crippen LogP contribution in [-0.4, -0.2) is 6.04 Å². The molecule has 1 fully saturated rings. The highest BCUT2D eigenvalue weighted by Gasteiger charge is 2.16. The Kier molecular flexibility index (Phi) is 4.25. The third-order valence-electron chi connectivity index (χ3n) is 3.44. The van der Waals surface area contributed by atoms with E-state index < -0.39 is 0 Å². The van der Waals surface area contributed by atoms with E-state index in [-0.39, 0.29) is 0 Å². The molecule has 0 bridgehead atoms. The molecule has 0 spiro atoms. The van der Waals surface area contributed by atoms with E-state index in [0.717, 1.165) is 5.02 Å². The Morgan fingerprint density at radius 1 is 1.25 bits per heavy atom. The Hall–Kier alpha value is -0.530. The second-order valence-electron chi connectivity index (χ2n) is 4.78. The molecule has 0 heterocycles. The molecular formula is C14H20ClN. The summed E-state index contributed by atoms with van der Waals surface area (Å²) in [5.74, 6) is 0. The molecule has 1 aliphatic rings. The molecule has 2 rings (SSSR count). The van der Waals surface area contributed by atoms with Crippen LogP contribution in [0.15, 0.2) is 24.3 Å². The van der Waals surface area contributed by atoms with Gasteiger partial charge in [0.15, 0.2) is 0 Å². The molecule has 0 radical (unpaired) electrons. The van der Waals surface area contributed by atoms with Crippen LogP contribution in [0.3, 0.4) is 0 Å². The van der Waals surface area contributed by atoms with Gasteiger partial charge in [0.05, 0.1) is 0 Å². The van der Waals surface area contributed by atoms with Gasteiger partial charge in [0.2, 0.25) is 0 Å². The van der Waals surface area contributed by atoms with E-state index in [1.807, 2.05) is 12.1 Å². The summed E-state index contributed by atoms with van der Waals surface area (Å²) in [6, 6.07) is 9.26. The maximum Gasteiger partial charge on any atom is 0.0409 e. The number of hydrogen-bond donors (Lipinski definition) is 1. The predicted octanol–water partition coefficient (Wildman–Crippen LogP) is 4.32. The summed E-state index contributed by atoms with van der Waals surface area (Å²) in [6.07, 6.45) is 6.80. The molecule has 1 aromatic rings. The molecule has 16 heavy (non-hydrogen) atoms. The zero-order valence-electron chi connectivity index (χ0n) is 9.88. The molecule has 1 nitrogen and oxygen atoms in total. The van der Waals surface area contributed by atoms with Crippen LogP contribution in [-0.2, 0) is 0 Å². The SMILES string of the molecule is C[C@@H](NC1CCCCC1)c1cccc(Cl)c1. The third-order valence-corrected chi connectivity index (χ3v) is 3.67. The molecule has 0 unspecified atom stereocenters. The average Bonchev–Trinajstić information content (AvgIpc) is 2.30. The maximum absolute atomic E-state index is 6.00. The van der Waals surface area contributed by atoms with Crippen molar-refractivity contribution in [2.24, 2.45) is 0 Å². The number of benzene rings is 1. The second-order valence-corrected chi connectivity index (χ2v) is 5.21. The first-order chi connectivity index (χ1) is 7.75. The number of rotatable bonds is 3. The van der Waals surface area contributed by atoms with Gasteiger partial charge in [0, 0.05) is 17.1 Å². The van der Waals surface area contributed by atoms with E-state index in [4.69, 9.17) is 11.6 Å². The molecule has 1 aromatic carbocycles. The summed E-state index contributed by atoms with van der Waals surface area (Å²) in [5.41, 5.74) is 1.29. The summed E-state index contributed by atoms with van der Waals surface area (Å²) in [6.45, 7) is 2.22. The largest absolute Gasteiger partial charge is 0.307 e. The van der Waals surface area contributed by atoms with Gasteiger partial charge in [-0.05, 0) is 37.5 Å². The maximum atomic E-state index is 6.00. The van der Waals surface area contributed by atoms with Crippen molar-refractivity contribution in [3.05, 3.63) is 34.9 Å². The topological polar surface area (TPSA) is 12.0 Å². The van der Waals surface area contributed by atoms with Gasteiger partial charge in [0.25, 0.3) is 0 Å². The minimum atomic E-state index is 0.404. The van der Waals surface area contributed by atoms with Crippen molar-refractivity contribution in [1.29, 1.82) is 0 Å². The summed E-state index contributed by atoms with van der Waals surface area (Å²) in [4.78, 5) is 0. The second kappa shape index (κ2) is 5.70. The Bertz CT molecular complexity index is 331. The van der Waals surface area contributed by atoms with Crippen molar-refractivity contribution in [3.63, 3.8) is 0 Å². The summed E-state index contributed by atoms with van der Waals surface area (Å²) in [7, 11) is 0. The Labute approximate surface area is 103 Å². The zero-order valence-corrected chi connectivity index (χ0v) is 10.6. The Balaban J connectivity index is 1.94. The first kappa shape index (κ1) is 11.9. The fourth-order valence-corrected chi connectivity index (χ4v) is 2.69. The van der Waals surface area contributed by atoms with Gasteiger partial charge in [-0.15, -0.1) is 0 Å². The number of hydrogen-bond acceptors (Lipinski definition) is 1. The van der Waals surface area contributed by atoms with Crippen molar-refractivity contribution in [3.8, 4) is 0 Å². The van der Waals surface area contributed by atoms with E-state index >= 15 is 0 Å². The number of halogens is 1. The average molecular weight is 238 g/mol. The fourth-order valence-electron chi connectivity index (χ4n) is 2.49. The Morgan fingerprint density at radius 3 is 2.69 bits per heavy atom. The van der Waals surface area contributed by atoms with Gasteiger partial charge in [-0.25, -0.2) is 0 Å². The van der Waals surface area contributed by atoms with Gasteiger partial charge in [0.1, 0.15) is 0 Å². The van der Waals surface area contributed by atoms with Gasteiger partial charge >= 0.3 is 0 Å². The molecule has 2 heteroatoms. The summed E-state index contributed by atoms with van der Waals surface area (Å²) < 4.78 is 0. The van der Waals surface area contributed by atoms with Crippen LogP contribution in [0, 0.1) is 0 Å². The van der Waals surface area contributed by atoms with E-state index in [0.29, 0.717) is 12.1 Å². The highest BCUT2D eigenvalue weighted by atomic mass is 35.5. The molecule has 0 aromatic heterocycles. The van der Waals surface area contributed by atoms with E-state index in [2.05, 4.69) is 24.4 Å². The van der Waals surface area contributed by atoms with Crippen LogP contribution in [0.5, 0.6) is 0 Å². The highest BCUT2D eigenvalue weighted by Crippen LogP contribution is 2.22. The van der Waals surface area contributed by atoms with E-state index in [1.54, 1.807) is 0 Å². The fraction of sp³-hybridized carbons (Fsp3) is 0.571. The standard InChI is InChI=1S/C14H20ClN/c1-11(12-6-5-7-13(15)10-12)16-14-8-3-2-4-9-14/h5-7,10-11,14,16H,2-4,8-9H2,1H3/t11-/m1/s1. The lowest BCUT2D eigenvalue weighted by molar-refractivity contribution is 0.347. The molecule has 0 aliphatic heterocycles. The molecular weight excluding hydrogens is 218 g/mol. The third kappa shape index (κ3) is 3.23. The molecule has 1 saturated carbocycles. The predicted molar refractivity (Wildman–Crippen MR) is 69.9 cm³/mol. The summed E-state index contributed by atoms with van der Waals surface area (Å²) >= 11 is 6.00. The Morgan fingerprint density at radius 2 is 2.00 bits per heavy atom. The monoisotopic (exact) mass is 237 g/mol. The smallest absolute Gasteiger partial charge is 0.0409 e. The van der Waals surface area contributed by atoms with Crippen LogP contribution >= 0.6 is 11.6 Å².